The van der Waals surface area contributed by atoms with Gasteiger partial charge < -0.3 is 10.5 Å². The van der Waals surface area contributed by atoms with E-state index in [0.29, 0.717) is 0 Å². The maximum absolute atomic E-state index is 10.3. The summed E-state index contributed by atoms with van der Waals surface area (Å²) in [6.07, 6.45) is 0.653. The third-order valence-corrected chi connectivity index (χ3v) is 1.55. The van der Waals surface area contributed by atoms with Crippen molar-refractivity contribution in [1.82, 2.24) is 0 Å². The number of amides is 1. The summed E-state index contributed by atoms with van der Waals surface area (Å²) in [6.45, 7) is 0.187. The van der Waals surface area contributed by atoms with Gasteiger partial charge in [-0.15, -0.1) is 0 Å². The van der Waals surface area contributed by atoms with Gasteiger partial charge in [-0.2, -0.15) is 0 Å². The normalized spacial score (nSPS) is 18.2. The van der Waals surface area contributed by atoms with Crippen molar-refractivity contribution in [3.63, 3.8) is 0 Å². The molecule has 0 heterocycles. The maximum atomic E-state index is 10.3. The second kappa shape index (κ2) is 2.67. The Balaban J connectivity index is 2.40. The first-order chi connectivity index (χ1) is 5.18. The number of primary amides is 1. The highest BCUT2D eigenvalue weighted by atomic mass is 16.6. The topological polar surface area (TPSA) is 101 Å². The minimum Gasteiger partial charge on any atom is -0.443 e. The number of ether oxygens (including phenoxy) is 1. The molecule has 60 valence electrons. The van der Waals surface area contributed by atoms with Gasteiger partial charge in [0.25, 0.3) is 0 Å². The van der Waals surface area contributed by atoms with Gasteiger partial charge in [0.15, 0.2) is 0 Å². The van der Waals surface area contributed by atoms with E-state index in [1.165, 1.54) is 0 Å². The van der Waals surface area contributed by atoms with E-state index in [4.69, 9.17) is 16.0 Å². The Morgan fingerprint density at radius 2 is 2.45 bits per heavy atom. The van der Waals surface area contributed by atoms with Gasteiger partial charge in [-0.3, -0.25) is 0 Å². The van der Waals surface area contributed by atoms with Crippen LogP contribution in [-0.2, 0) is 4.74 Å². The van der Waals surface area contributed by atoms with Gasteiger partial charge in [0, 0.05) is 4.91 Å². The summed E-state index contributed by atoms with van der Waals surface area (Å²) < 4.78 is 4.72. The highest BCUT2D eigenvalue weighted by Crippen LogP contribution is 2.39. The lowest BCUT2D eigenvalue weighted by Crippen LogP contribution is -2.26. The third-order valence-electron chi connectivity index (χ3n) is 1.55. The second-order valence-corrected chi connectivity index (χ2v) is 2.49. The summed E-state index contributed by atoms with van der Waals surface area (Å²) in [5, 5.41) is 3.31. The minimum absolute atomic E-state index is 0.187. The van der Waals surface area contributed by atoms with E-state index >= 15 is 0 Å². The van der Waals surface area contributed by atoms with E-state index in [1.807, 2.05) is 0 Å². The molecule has 0 aromatic heterocycles. The largest absolute Gasteiger partial charge is 0.443 e. The fourth-order valence-corrected chi connectivity index (χ4v) is 0.806. The van der Waals surface area contributed by atoms with Gasteiger partial charge in [0.1, 0.15) is 5.60 Å². The summed E-state index contributed by atoms with van der Waals surface area (Å²) >= 11 is 0. The van der Waals surface area contributed by atoms with Gasteiger partial charge in [-0.25, -0.2) is 4.79 Å². The molecule has 0 spiro atoms. The molecule has 1 fully saturated rings. The molecule has 11 heavy (non-hydrogen) atoms. The number of carbonyl (C=O) groups excluding carboxylic acids is 1. The van der Waals surface area contributed by atoms with Gasteiger partial charge >= 0.3 is 6.09 Å². The molecule has 1 aliphatic rings. The molecule has 0 unspecified atom stereocenters. The monoisotopic (exact) mass is 156 g/mol. The average molecular weight is 156 g/mol. The molecule has 0 aromatic carbocycles. The van der Waals surface area contributed by atoms with Crippen molar-refractivity contribution in [3.8, 4) is 0 Å². The third kappa shape index (κ3) is 2.01. The number of carbonyl (C=O) groups is 1. The van der Waals surface area contributed by atoms with E-state index in [-0.39, 0.29) is 6.54 Å². The van der Waals surface area contributed by atoms with Crippen LogP contribution in [0, 0.1) is 0 Å². The SMILES string of the molecule is [N-]=[N+]=NCC1(OC(N)=O)CC1. The Hall–Kier alpha value is -1.42. The van der Waals surface area contributed by atoms with Gasteiger partial charge in [-0.1, -0.05) is 5.11 Å². The van der Waals surface area contributed by atoms with Crippen LogP contribution in [0.4, 0.5) is 4.79 Å². The van der Waals surface area contributed by atoms with E-state index < -0.39 is 11.7 Å². The van der Waals surface area contributed by atoms with Crippen molar-refractivity contribution in [3.05, 3.63) is 10.4 Å². The predicted octanol–water partition coefficient (Wildman–Crippen LogP) is 0.925. The zero-order chi connectivity index (χ0) is 8.32. The van der Waals surface area contributed by atoms with Crippen LogP contribution in [0.25, 0.3) is 10.4 Å². The highest BCUT2D eigenvalue weighted by molar-refractivity contribution is 5.65. The lowest BCUT2D eigenvalue weighted by molar-refractivity contribution is 0.0961. The van der Waals surface area contributed by atoms with Crippen LogP contribution in [0.3, 0.4) is 0 Å². The summed E-state index contributed by atoms with van der Waals surface area (Å²) in [4.78, 5) is 12.8. The maximum Gasteiger partial charge on any atom is 0.405 e. The molecule has 0 radical (unpaired) electrons. The van der Waals surface area contributed by atoms with E-state index in [2.05, 4.69) is 10.0 Å². The molecule has 0 bridgehead atoms. The van der Waals surface area contributed by atoms with Gasteiger partial charge in [0.05, 0.1) is 6.54 Å². The molecule has 0 atom stereocenters. The number of nitrogens with zero attached hydrogens (tertiary/aromatic N) is 3. The lowest BCUT2D eigenvalue weighted by atomic mass is 10.3. The van der Waals surface area contributed by atoms with Crippen molar-refractivity contribution in [1.29, 1.82) is 0 Å². The van der Waals surface area contributed by atoms with Crippen LogP contribution in [0.1, 0.15) is 12.8 Å². The Labute approximate surface area is 62.9 Å². The molecule has 6 heteroatoms. The van der Waals surface area contributed by atoms with Crippen molar-refractivity contribution in [2.45, 2.75) is 18.4 Å². The summed E-state index contributed by atoms with van der Waals surface area (Å²) in [6, 6.07) is 0. The molecule has 1 saturated carbocycles. The fraction of sp³-hybridized carbons (Fsp3) is 0.800. The zero-order valence-corrected chi connectivity index (χ0v) is 5.86. The number of rotatable bonds is 3. The predicted molar refractivity (Wildman–Crippen MR) is 36.6 cm³/mol. The van der Waals surface area contributed by atoms with Gasteiger partial charge in [0.2, 0.25) is 0 Å². The Morgan fingerprint density at radius 3 is 2.82 bits per heavy atom. The molecular formula is C5H8N4O2. The molecule has 0 aliphatic heterocycles. The summed E-state index contributed by atoms with van der Waals surface area (Å²) in [5.74, 6) is 0. The lowest BCUT2D eigenvalue weighted by Gasteiger charge is -2.10. The van der Waals surface area contributed by atoms with Crippen LogP contribution in [0.5, 0.6) is 0 Å². The van der Waals surface area contributed by atoms with Crippen LogP contribution < -0.4 is 5.73 Å². The molecule has 6 nitrogen and oxygen atoms in total. The molecule has 1 rings (SSSR count). The van der Waals surface area contributed by atoms with Crippen LogP contribution in [0.15, 0.2) is 5.11 Å². The summed E-state index contributed by atoms with van der Waals surface area (Å²) in [7, 11) is 0. The molecule has 2 N–H and O–H groups in total. The number of hydrogen-bond acceptors (Lipinski definition) is 3. The van der Waals surface area contributed by atoms with Crippen molar-refractivity contribution in [2.75, 3.05) is 6.54 Å². The highest BCUT2D eigenvalue weighted by Gasteiger charge is 2.45. The van der Waals surface area contributed by atoms with Crippen molar-refractivity contribution >= 4 is 6.09 Å². The second-order valence-electron chi connectivity index (χ2n) is 2.49. The average Bonchev–Trinajstić information content (AvgIpc) is 2.64. The van der Waals surface area contributed by atoms with Crippen LogP contribution >= 0.6 is 0 Å². The Kier molecular flexibility index (Phi) is 1.87. The number of nitrogens with two attached hydrogens (primary N) is 1. The first-order valence-corrected chi connectivity index (χ1v) is 3.18. The molecule has 1 aliphatic carbocycles. The number of hydrogen-bond donors (Lipinski definition) is 1. The van der Waals surface area contributed by atoms with Crippen LogP contribution in [0.2, 0.25) is 0 Å². The van der Waals surface area contributed by atoms with E-state index in [0.717, 1.165) is 12.8 Å². The Bertz CT molecular complexity index is 211. The molecule has 1 amide bonds. The Morgan fingerprint density at radius 1 is 1.82 bits per heavy atom. The van der Waals surface area contributed by atoms with E-state index in [9.17, 15) is 4.79 Å². The van der Waals surface area contributed by atoms with Crippen molar-refractivity contribution < 1.29 is 9.53 Å². The molecular weight excluding hydrogens is 148 g/mol. The summed E-state index contributed by atoms with van der Waals surface area (Å²) in [5.41, 5.74) is 12.2. The number of azide groups is 1. The van der Waals surface area contributed by atoms with Crippen LogP contribution in [-0.4, -0.2) is 18.2 Å². The van der Waals surface area contributed by atoms with Crippen molar-refractivity contribution in [2.24, 2.45) is 10.8 Å². The first-order valence-electron chi connectivity index (χ1n) is 3.18. The molecule has 0 aromatic rings. The van der Waals surface area contributed by atoms with Gasteiger partial charge in [-0.05, 0) is 18.4 Å². The minimum atomic E-state index is -0.810. The first kappa shape index (κ1) is 7.68. The standard InChI is InChI=1S/C5H8N4O2/c6-4(10)11-5(1-2-5)3-8-9-7/h1-3H2,(H2,6,10). The van der Waals surface area contributed by atoms with E-state index in [1.54, 1.807) is 0 Å². The quantitative estimate of drug-likeness (QED) is 0.373. The smallest absolute Gasteiger partial charge is 0.405 e. The zero-order valence-electron chi connectivity index (χ0n) is 5.86. The fourth-order valence-electron chi connectivity index (χ4n) is 0.806. The molecule has 0 saturated heterocycles.